The van der Waals surface area contributed by atoms with E-state index in [2.05, 4.69) is 33.5 Å². The van der Waals surface area contributed by atoms with Crippen LogP contribution in [0.1, 0.15) is 13.3 Å². The summed E-state index contributed by atoms with van der Waals surface area (Å²) in [6.45, 7) is 4.54. The molecule has 0 aliphatic heterocycles. The number of hydrogen-bond acceptors (Lipinski definition) is 3. The van der Waals surface area contributed by atoms with E-state index in [-0.39, 0.29) is 24.9 Å². The van der Waals surface area contributed by atoms with Crippen LogP contribution in [0.4, 0.5) is 0 Å². The lowest BCUT2D eigenvalue weighted by Crippen LogP contribution is -2.34. The molecule has 108 valence electrons. The van der Waals surface area contributed by atoms with Gasteiger partial charge in [0, 0.05) is 17.6 Å². The maximum absolute atomic E-state index is 11.5. The van der Waals surface area contributed by atoms with Crippen molar-refractivity contribution < 1.29 is 9.53 Å². The zero-order chi connectivity index (χ0) is 13.2. The minimum Gasteiger partial charge on any atom is -0.484 e. The van der Waals surface area contributed by atoms with Crippen molar-refractivity contribution in [2.75, 3.05) is 26.2 Å². The van der Waals surface area contributed by atoms with E-state index in [0.29, 0.717) is 12.3 Å². The predicted octanol–water partition coefficient (Wildman–Crippen LogP) is 2.37. The van der Waals surface area contributed by atoms with Gasteiger partial charge in [0.2, 0.25) is 0 Å². The molecule has 2 N–H and O–H groups in total. The summed E-state index contributed by atoms with van der Waals surface area (Å²) in [6, 6.07) is 7.43. The zero-order valence-corrected chi connectivity index (χ0v) is 13.4. The monoisotopic (exact) mass is 350 g/mol. The molecule has 0 aliphatic carbocycles. The van der Waals surface area contributed by atoms with E-state index in [9.17, 15) is 4.79 Å². The number of rotatable bonds is 8. The topological polar surface area (TPSA) is 50.4 Å². The molecular weight excluding hydrogens is 332 g/mol. The van der Waals surface area contributed by atoms with E-state index in [4.69, 9.17) is 4.74 Å². The molecule has 0 saturated heterocycles. The van der Waals surface area contributed by atoms with Crippen LogP contribution in [-0.2, 0) is 4.79 Å². The second-order valence-electron chi connectivity index (χ2n) is 3.85. The lowest BCUT2D eigenvalue weighted by molar-refractivity contribution is -0.123. The van der Waals surface area contributed by atoms with Crippen molar-refractivity contribution in [1.82, 2.24) is 10.6 Å². The molecule has 1 amide bonds. The van der Waals surface area contributed by atoms with Gasteiger partial charge in [-0.3, -0.25) is 4.79 Å². The molecule has 0 radical (unpaired) electrons. The summed E-state index contributed by atoms with van der Waals surface area (Å²) in [6.07, 6.45) is 1.10. The fourth-order valence-corrected chi connectivity index (χ4v) is 1.73. The molecule has 0 aromatic heterocycles. The van der Waals surface area contributed by atoms with Gasteiger partial charge in [-0.25, -0.2) is 0 Å². The Kier molecular flexibility index (Phi) is 10.6. The highest BCUT2D eigenvalue weighted by Crippen LogP contribution is 2.17. The van der Waals surface area contributed by atoms with Gasteiger partial charge >= 0.3 is 0 Å². The van der Waals surface area contributed by atoms with Crippen LogP contribution in [-0.4, -0.2) is 32.1 Å². The average Bonchev–Trinajstić information content (AvgIpc) is 2.36. The molecule has 19 heavy (non-hydrogen) atoms. The number of hydrogen-bond donors (Lipinski definition) is 2. The number of benzene rings is 1. The third-order valence-corrected chi connectivity index (χ3v) is 2.71. The molecule has 0 fully saturated rings. The molecule has 0 spiro atoms. The Balaban J connectivity index is 0.00000324. The first-order chi connectivity index (χ1) is 8.72. The van der Waals surface area contributed by atoms with Crippen molar-refractivity contribution in [2.45, 2.75) is 13.3 Å². The number of ether oxygens (including phenoxy) is 1. The Morgan fingerprint density at radius 1 is 1.32 bits per heavy atom. The minimum absolute atomic E-state index is 0. The first-order valence-corrected chi connectivity index (χ1v) is 6.87. The maximum Gasteiger partial charge on any atom is 0.257 e. The van der Waals surface area contributed by atoms with E-state index in [1.165, 1.54) is 0 Å². The van der Waals surface area contributed by atoms with Crippen LogP contribution in [0.5, 0.6) is 5.75 Å². The third-order valence-electron chi connectivity index (χ3n) is 2.22. The molecule has 1 aromatic rings. The normalized spacial score (nSPS) is 9.58. The highest BCUT2D eigenvalue weighted by molar-refractivity contribution is 9.10. The maximum atomic E-state index is 11.5. The molecule has 0 bridgehead atoms. The van der Waals surface area contributed by atoms with Crippen LogP contribution in [0.3, 0.4) is 0 Å². The van der Waals surface area contributed by atoms with Crippen molar-refractivity contribution >= 4 is 34.2 Å². The van der Waals surface area contributed by atoms with Gasteiger partial charge in [-0.1, -0.05) is 28.9 Å². The summed E-state index contributed by atoms with van der Waals surface area (Å²) in [5.74, 6) is 0.580. The molecule has 0 unspecified atom stereocenters. The number of nitrogens with one attached hydrogen (secondary N) is 2. The molecule has 4 nitrogen and oxygen atoms in total. The fourth-order valence-electron chi connectivity index (χ4n) is 1.35. The van der Waals surface area contributed by atoms with Crippen LogP contribution in [0.25, 0.3) is 0 Å². The highest BCUT2D eigenvalue weighted by Gasteiger charge is 2.02. The Hall–Kier alpha value is -0.780. The lowest BCUT2D eigenvalue weighted by atomic mass is 10.3. The Morgan fingerprint density at radius 2 is 2.11 bits per heavy atom. The fraction of sp³-hybridized carbons (Fsp3) is 0.462. The van der Waals surface area contributed by atoms with Gasteiger partial charge in [0.15, 0.2) is 6.61 Å². The molecule has 0 aliphatic rings. The Labute approximate surface area is 128 Å². The molecular formula is C13H20BrClN2O2. The average molecular weight is 352 g/mol. The minimum atomic E-state index is -0.103. The van der Waals surface area contributed by atoms with Crippen molar-refractivity contribution in [2.24, 2.45) is 0 Å². The van der Waals surface area contributed by atoms with Gasteiger partial charge < -0.3 is 15.4 Å². The second-order valence-corrected chi connectivity index (χ2v) is 4.76. The number of amides is 1. The van der Waals surface area contributed by atoms with E-state index in [0.717, 1.165) is 24.0 Å². The SMILES string of the molecule is CCCNCCNC(=O)COc1cccc(Br)c1.Cl. The van der Waals surface area contributed by atoms with Crippen LogP contribution < -0.4 is 15.4 Å². The largest absolute Gasteiger partial charge is 0.484 e. The Bertz CT molecular complexity index is 377. The van der Waals surface area contributed by atoms with Crippen molar-refractivity contribution in [3.8, 4) is 5.75 Å². The van der Waals surface area contributed by atoms with E-state index < -0.39 is 0 Å². The van der Waals surface area contributed by atoms with Crippen molar-refractivity contribution in [1.29, 1.82) is 0 Å². The van der Waals surface area contributed by atoms with Crippen LogP contribution in [0.2, 0.25) is 0 Å². The van der Waals surface area contributed by atoms with Crippen molar-refractivity contribution in [3.05, 3.63) is 28.7 Å². The summed E-state index contributed by atoms with van der Waals surface area (Å²) in [4.78, 5) is 11.5. The molecule has 1 rings (SSSR count). The highest BCUT2D eigenvalue weighted by atomic mass is 79.9. The molecule has 0 saturated carbocycles. The predicted molar refractivity (Wildman–Crippen MR) is 83.1 cm³/mol. The summed E-state index contributed by atoms with van der Waals surface area (Å²) in [5, 5.41) is 6.00. The van der Waals surface area contributed by atoms with Gasteiger partial charge in [-0.2, -0.15) is 0 Å². The van der Waals surface area contributed by atoms with Gasteiger partial charge in [0.05, 0.1) is 0 Å². The Morgan fingerprint density at radius 3 is 2.79 bits per heavy atom. The molecule has 0 atom stereocenters. The van der Waals surface area contributed by atoms with Gasteiger partial charge in [-0.05, 0) is 31.2 Å². The van der Waals surface area contributed by atoms with E-state index >= 15 is 0 Å². The first kappa shape index (κ1) is 18.2. The standard InChI is InChI=1S/C13H19BrN2O2.ClH/c1-2-6-15-7-8-16-13(17)10-18-12-5-3-4-11(14)9-12;/h3-5,9,15H,2,6-8,10H2,1H3,(H,16,17);1H. The number of carbonyl (C=O) groups excluding carboxylic acids is 1. The summed E-state index contributed by atoms with van der Waals surface area (Å²) >= 11 is 3.35. The molecule has 0 heterocycles. The van der Waals surface area contributed by atoms with Crippen LogP contribution in [0, 0.1) is 0 Å². The van der Waals surface area contributed by atoms with E-state index in [1.54, 1.807) is 0 Å². The lowest BCUT2D eigenvalue weighted by Gasteiger charge is -2.08. The third kappa shape index (κ3) is 8.86. The number of halogens is 2. The summed E-state index contributed by atoms with van der Waals surface area (Å²) in [7, 11) is 0. The number of carbonyl (C=O) groups is 1. The summed E-state index contributed by atoms with van der Waals surface area (Å²) < 4.78 is 6.30. The summed E-state index contributed by atoms with van der Waals surface area (Å²) in [5.41, 5.74) is 0. The molecule has 1 aromatic carbocycles. The van der Waals surface area contributed by atoms with Crippen LogP contribution in [0.15, 0.2) is 28.7 Å². The smallest absolute Gasteiger partial charge is 0.257 e. The quantitative estimate of drug-likeness (QED) is 0.707. The zero-order valence-electron chi connectivity index (χ0n) is 10.9. The van der Waals surface area contributed by atoms with Crippen LogP contribution >= 0.6 is 28.3 Å². The van der Waals surface area contributed by atoms with E-state index in [1.807, 2.05) is 24.3 Å². The van der Waals surface area contributed by atoms with Gasteiger partial charge in [-0.15, -0.1) is 12.4 Å². The van der Waals surface area contributed by atoms with Gasteiger partial charge in [0.1, 0.15) is 5.75 Å². The molecule has 6 heteroatoms. The second kappa shape index (κ2) is 11.1. The first-order valence-electron chi connectivity index (χ1n) is 6.08. The van der Waals surface area contributed by atoms with Gasteiger partial charge in [0.25, 0.3) is 5.91 Å². The van der Waals surface area contributed by atoms with Crippen molar-refractivity contribution in [3.63, 3.8) is 0 Å².